The van der Waals surface area contributed by atoms with Crippen molar-refractivity contribution in [2.45, 2.75) is 38.8 Å². The summed E-state index contributed by atoms with van der Waals surface area (Å²) in [5, 5.41) is 0.708. The molecule has 2 saturated heterocycles. The lowest BCUT2D eigenvalue weighted by atomic mass is 9.77. The first-order valence-electron chi connectivity index (χ1n) is 8.77. The minimum Gasteiger partial charge on any atom is -0.468 e. The van der Waals surface area contributed by atoms with Gasteiger partial charge in [0, 0.05) is 24.5 Å². The van der Waals surface area contributed by atoms with Crippen LogP contribution in [0.4, 0.5) is 0 Å². The van der Waals surface area contributed by atoms with E-state index in [2.05, 4.69) is 4.90 Å². The number of likely N-dealkylation sites (tertiary alicyclic amines) is 2. The van der Waals surface area contributed by atoms with E-state index in [9.17, 15) is 9.59 Å². The Hall–Kier alpha value is -1.59. The van der Waals surface area contributed by atoms with Crippen LogP contribution in [-0.2, 0) is 20.9 Å². The number of hydrogen-bond donors (Lipinski definition) is 0. The largest absolute Gasteiger partial charge is 0.468 e. The molecule has 6 heteroatoms. The summed E-state index contributed by atoms with van der Waals surface area (Å²) in [7, 11) is 1.43. The van der Waals surface area contributed by atoms with E-state index in [1.54, 1.807) is 0 Å². The van der Waals surface area contributed by atoms with Crippen molar-refractivity contribution < 1.29 is 14.3 Å². The number of carbonyl (C=O) groups is 2. The molecule has 0 aromatic heterocycles. The summed E-state index contributed by atoms with van der Waals surface area (Å²) < 4.78 is 4.84. The molecule has 3 rings (SSSR count). The third kappa shape index (κ3) is 3.98. The molecule has 0 radical (unpaired) electrons. The first-order valence-corrected chi connectivity index (χ1v) is 9.14. The van der Waals surface area contributed by atoms with E-state index in [-0.39, 0.29) is 23.3 Å². The SMILES string of the molecule is COC(=O)[C@H](C)N1CCC2(CC1)CC(=O)N(Cc1ccc(Cl)cc1)C2. The van der Waals surface area contributed by atoms with Gasteiger partial charge in [-0.2, -0.15) is 0 Å². The Kier molecular flexibility index (Phi) is 5.35. The van der Waals surface area contributed by atoms with Crippen LogP contribution in [0.2, 0.25) is 5.02 Å². The van der Waals surface area contributed by atoms with Crippen LogP contribution in [0.25, 0.3) is 0 Å². The molecule has 1 aromatic carbocycles. The van der Waals surface area contributed by atoms with Crippen molar-refractivity contribution >= 4 is 23.5 Å². The first-order chi connectivity index (χ1) is 11.9. The molecule has 0 N–H and O–H groups in total. The van der Waals surface area contributed by atoms with Crippen LogP contribution < -0.4 is 0 Å². The number of ether oxygens (including phenoxy) is 1. The third-order valence-electron chi connectivity index (χ3n) is 5.64. The van der Waals surface area contributed by atoms with Crippen LogP contribution >= 0.6 is 11.6 Å². The maximum absolute atomic E-state index is 12.5. The molecule has 5 nitrogen and oxygen atoms in total. The van der Waals surface area contributed by atoms with Gasteiger partial charge in [-0.25, -0.2) is 0 Å². The van der Waals surface area contributed by atoms with Crippen molar-refractivity contribution in [2.75, 3.05) is 26.7 Å². The van der Waals surface area contributed by atoms with Gasteiger partial charge in [0.15, 0.2) is 0 Å². The van der Waals surface area contributed by atoms with E-state index >= 15 is 0 Å². The van der Waals surface area contributed by atoms with Crippen LogP contribution in [0.3, 0.4) is 0 Å². The summed E-state index contributed by atoms with van der Waals surface area (Å²) in [6, 6.07) is 7.45. The van der Waals surface area contributed by atoms with Crippen LogP contribution in [0, 0.1) is 5.41 Å². The molecule has 2 heterocycles. The zero-order valence-electron chi connectivity index (χ0n) is 14.8. The maximum Gasteiger partial charge on any atom is 0.322 e. The molecule has 1 aromatic rings. The normalized spacial score (nSPS) is 21.6. The van der Waals surface area contributed by atoms with Gasteiger partial charge in [0.1, 0.15) is 6.04 Å². The monoisotopic (exact) mass is 364 g/mol. The standard InChI is InChI=1S/C19H25ClN2O3/c1-14(18(24)25-2)21-9-7-19(8-10-21)11-17(23)22(13-19)12-15-3-5-16(20)6-4-15/h3-6,14H,7-13H2,1-2H3/t14-/m0/s1. The number of esters is 1. The predicted octanol–water partition coefficient (Wildman–Crippen LogP) is 2.72. The van der Waals surface area contributed by atoms with Crippen LogP contribution in [0.5, 0.6) is 0 Å². The molecule has 1 atom stereocenters. The van der Waals surface area contributed by atoms with Gasteiger partial charge in [-0.1, -0.05) is 23.7 Å². The first kappa shape index (κ1) is 18.2. The Balaban J connectivity index is 1.59. The summed E-state index contributed by atoms with van der Waals surface area (Å²) in [4.78, 5) is 28.3. The molecule has 2 aliphatic rings. The van der Waals surface area contributed by atoms with Crippen molar-refractivity contribution in [1.82, 2.24) is 9.80 Å². The fourth-order valence-corrected chi connectivity index (χ4v) is 4.10. The number of benzene rings is 1. The van der Waals surface area contributed by atoms with E-state index in [1.165, 1.54) is 7.11 Å². The minimum atomic E-state index is -0.218. The Labute approximate surface area is 153 Å². The van der Waals surface area contributed by atoms with Gasteiger partial charge < -0.3 is 9.64 Å². The van der Waals surface area contributed by atoms with E-state index in [0.29, 0.717) is 18.0 Å². The lowest BCUT2D eigenvalue weighted by molar-refractivity contribution is -0.147. The molecule has 2 aliphatic heterocycles. The Morgan fingerprint density at radius 1 is 1.28 bits per heavy atom. The highest BCUT2D eigenvalue weighted by atomic mass is 35.5. The summed E-state index contributed by atoms with van der Waals surface area (Å²) in [6.45, 7) is 4.99. The zero-order valence-corrected chi connectivity index (χ0v) is 15.6. The van der Waals surface area contributed by atoms with Gasteiger partial charge in [0.2, 0.25) is 5.91 Å². The second-order valence-corrected chi connectivity index (χ2v) is 7.72. The fraction of sp³-hybridized carbons (Fsp3) is 0.579. The number of halogens is 1. The van der Waals surface area contributed by atoms with Gasteiger partial charge in [0.05, 0.1) is 7.11 Å². The summed E-state index contributed by atoms with van der Waals surface area (Å²) >= 11 is 5.93. The average Bonchev–Trinajstić information content (AvgIpc) is 2.91. The molecule has 25 heavy (non-hydrogen) atoms. The molecule has 0 unspecified atom stereocenters. The molecule has 0 saturated carbocycles. The lowest BCUT2D eigenvalue weighted by Gasteiger charge is -2.40. The van der Waals surface area contributed by atoms with Gasteiger partial charge in [0.25, 0.3) is 0 Å². The topological polar surface area (TPSA) is 49.9 Å². The number of hydrogen-bond acceptors (Lipinski definition) is 4. The number of piperidine rings is 1. The third-order valence-corrected chi connectivity index (χ3v) is 5.89. The van der Waals surface area contributed by atoms with E-state index in [0.717, 1.165) is 38.0 Å². The fourth-order valence-electron chi connectivity index (χ4n) is 3.98. The second kappa shape index (κ2) is 7.34. The molecule has 1 spiro atoms. The number of carbonyl (C=O) groups excluding carboxylic acids is 2. The molecule has 2 fully saturated rings. The van der Waals surface area contributed by atoms with Crippen molar-refractivity contribution in [3.63, 3.8) is 0 Å². The smallest absolute Gasteiger partial charge is 0.322 e. The summed E-state index contributed by atoms with van der Waals surface area (Å²) in [5.74, 6) is 0.0345. The number of rotatable bonds is 4. The maximum atomic E-state index is 12.5. The van der Waals surface area contributed by atoms with Crippen molar-refractivity contribution in [3.8, 4) is 0 Å². The molecule has 0 aliphatic carbocycles. The molecule has 1 amide bonds. The van der Waals surface area contributed by atoms with E-state index < -0.39 is 0 Å². The number of nitrogens with zero attached hydrogens (tertiary/aromatic N) is 2. The molecular formula is C19H25ClN2O3. The Bertz CT molecular complexity index is 639. The van der Waals surface area contributed by atoms with Crippen LogP contribution in [-0.4, -0.2) is 54.5 Å². The van der Waals surface area contributed by atoms with Crippen molar-refractivity contribution in [3.05, 3.63) is 34.9 Å². The van der Waals surface area contributed by atoms with Crippen molar-refractivity contribution in [2.24, 2.45) is 5.41 Å². The minimum absolute atomic E-state index is 0.0514. The van der Waals surface area contributed by atoms with Gasteiger partial charge in [-0.05, 0) is 56.0 Å². The van der Waals surface area contributed by atoms with Crippen LogP contribution in [0.1, 0.15) is 31.7 Å². The van der Waals surface area contributed by atoms with Crippen LogP contribution in [0.15, 0.2) is 24.3 Å². The number of amides is 1. The highest BCUT2D eigenvalue weighted by molar-refractivity contribution is 6.30. The summed E-state index contributed by atoms with van der Waals surface area (Å²) in [6.07, 6.45) is 2.50. The summed E-state index contributed by atoms with van der Waals surface area (Å²) in [5.41, 5.74) is 1.15. The zero-order chi connectivity index (χ0) is 18.0. The second-order valence-electron chi connectivity index (χ2n) is 7.29. The Morgan fingerprint density at radius 3 is 2.52 bits per heavy atom. The predicted molar refractivity (Wildman–Crippen MR) is 96.2 cm³/mol. The Morgan fingerprint density at radius 2 is 1.92 bits per heavy atom. The quantitative estimate of drug-likeness (QED) is 0.771. The van der Waals surface area contributed by atoms with Gasteiger partial charge in [-0.3, -0.25) is 14.5 Å². The molecular weight excluding hydrogens is 340 g/mol. The van der Waals surface area contributed by atoms with E-state index in [1.807, 2.05) is 36.1 Å². The molecule has 0 bridgehead atoms. The highest BCUT2D eigenvalue weighted by Gasteiger charge is 2.45. The average molecular weight is 365 g/mol. The molecule has 136 valence electrons. The van der Waals surface area contributed by atoms with Crippen molar-refractivity contribution in [1.29, 1.82) is 0 Å². The lowest BCUT2D eigenvalue weighted by Crippen LogP contribution is -2.48. The van der Waals surface area contributed by atoms with Gasteiger partial charge >= 0.3 is 5.97 Å². The van der Waals surface area contributed by atoms with Gasteiger partial charge in [-0.15, -0.1) is 0 Å². The number of methoxy groups -OCH3 is 1. The highest BCUT2D eigenvalue weighted by Crippen LogP contribution is 2.41. The van der Waals surface area contributed by atoms with E-state index in [4.69, 9.17) is 16.3 Å².